The number of aromatic nitrogens is 1. The summed E-state index contributed by atoms with van der Waals surface area (Å²) >= 11 is 13.0. The van der Waals surface area contributed by atoms with Crippen molar-refractivity contribution < 1.29 is 14.4 Å². The number of carbonyl (C=O) groups excluding carboxylic acids is 3. The second kappa shape index (κ2) is 9.43. The van der Waals surface area contributed by atoms with Gasteiger partial charge in [0, 0.05) is 44.2 Å². The molecule has 154 valence electrons. The number of anilines is 2. The van der Waals surface area contributed by atoms with Crippen molar-refractivity contribution in [1.82, 2.24) is 14.8 Å². The quantitative estimate of drug-likeness (QED) is 0.738. The Morgan fingerprint density at radius 3 is 2.41 bits per heavy atom. The number of urea groups is 1. The molecule has 1 fully saturated rings. The van der Waals surface area contributed by atoms with Gasteiger partial charge < -0.3 is 15.1 Å². The average Bonchev–Trinajstić information content (AvgIpc) is 3.11. The van der Waals surface area contributed by atoms with Crippen molar-refractivity contribution in [3.63, 3.8) is 0 Å². The molecule has 4 amide bonds. The zero-order valence-electron chi connectivity index (χ0n) is 15.6. The van der Waals surface area contributed by atoms with E-state index < -0.39 is 0 Å². The average molecular weight is 456 g/mol. The SMILES string of the molecule is CC(=O)N1CCN(C(=O)Nc2nc(CC(=O)Nc3ccc(Cl)c(Cl)c3)cs2)CC1. The molecule has 1 aliphatic heterocycles. The van der Waals surface area contributed by atoms with Crippen LogP contribution < -0.4 is 10.6 Å². The summed E-state index contributed by atoms with van der Waals surface area (Å²) in [5, 5.41) is 8.37. The van der Waals surface area contributed by atoms with E-state index in [1.54, 1.807) is 33.4 Å². The molecule has 0 atom stereocenters. The Balaban J connectivity index is 1.50. The molecule has 1 saturated heterocycles. The summed E-state index contributed by atoms with van der Waals surface area (Å²) < 4.78 is 0. The van der Waals surface area contributed by atoms with Crippen LogP contribution in [0.15, 0.2) is 23.6 Å². The summed E-state index contributed by atoms with van der Waals surface area (Å²) in [6.07, 6.45) is 0.0594. The smallest absolute Gasteiger partial charge is 0.323 e. The Hall–Kier alpha value is -2.36. The molecule has 0 spiro atoms. The van der Waals surface area contributed by atoms with Gasteiger partial charge in [0.2, 0.25) is 11.8 Å². The highest BCUT2D eigenvalue weighted by Gasteiger charge is 2.23. The number of hydrogen-bond acceptors (Lipinski definition) is 5. The number of hydrogen-bond donors (Lipinski definition) is 2. The molecule has 8 nitrogen and oxygen atoms in total. The largest absolute Gasteiger partial charge is 0.339 e. The van der Waals surface area contributed by atoms with Crippen LogP contribution in [0.5, 0.6) is 0 Å². The minimum Gasteiger partial charge on any atom is -0.339 e. The molecule has 1 aromatic carbocycles. The molecule has 2 heterocycles. The number of halogens is 2. The highest BCUT2D eigenvalue weighted by Crippen LogP contribution is 2.25. The van der Waals surface area contributed by atoms with Gasteiger partial charge in [0.05, 0.1) is 22.2 Å². The molecule has 3 rings (SSSR count). The predicted octanol–water partition coefficient (Wildman–Crippen LogP) is 3.33. The van der Waals surface area contributed by atoms with Gasteiger partial charge in [-0.3, -0.25) is 14.9 Å². The first-order valence-corrected chi connectivity index (χ1v) is 10.5. The number of nitrogens with one attached hydrogen (secondary N) is 2. The van der Waals surface area contributed by atoms with E-state index in [-0.39, 0.29) is 24.3 Å². The highest BCUT2D eigenvalue weighted by molar-refractivity contribution is 7.13. The van der Waals surface area contributed by atoms with Gasteiger partial charge in [-0.25, -0.2) is 9.78 Å². The summed E-state index contributed by atoms with van der Waals surface area (Å²) in [6.45, 7) is 3.48. The third-order valence-electron chi connectivity index (χ3n) is 4.32. The monoisotopic (exact) mass is 455 g/mol. The number of thiazole rings is 1. The van der Waals surface area contributed by atoms with Gasteiger partial charge in [-0.1, -0.05) is 23.2 Å². The van der Waals surface area contributed by atoms with Crippen LogP contribution in [0.1, 0.15) is 12.6 Å². The lowest BCUT2D eigenvalue weighted by Gasteiger charge is -2.33. The maximum Gasteiger partial charge on any atom is 0.323 e. The Labute approximate surface area is 181 Å². The molecular formula is C18H19Cl2N5O3S. The van der Waals surface area contributed by atoms with Crippen LogP contribution in [0.4, 0.5) is 15.6 Å². The van der Waals surface area contributed by atoms with Gasteiger partial charge in [0.25, 0.3) is 0 Å². The van der Waals surface area contributed by atoms with Crippen LogP contribution in [-0.4, -0.2) is 58.8 Å². The molecule has 0 saturated carbocycles. The van der Waals surface area contributed by atoms with E-state index in [1.807, 2.05) is 0 Å². The summed E-state index contributed by atoms with van der Waals surface area (Å²) in [4.78, 5) is 43.5. The van der Waals surface area contributed by atoms with Crippen LogP contribution in [0.2, 0.25) is 10.0 Å². The molecule has 0 unspecified atom stereocenters. The fourth-order valence-corrected chi connectivity index (χ4v) is 3.78. The molecule has 1 aliphatic rings. The fraction of sp³-hybridized carbons (Fsp3) is 0.333. The Kier molecular flexibility index (Phi) is 6.94. The second-order valence-electron chi connectivity index (χ2n) is 6.42. The predicted molar refractivity (Wildman–Crippen MR) is 114 cm³/mol. The van der Waals surface area contributed by atoms with Crippen molar-refractivity contribution in [2.24, 2.45) is 0 Å². The van der Waals surface area contributed by atoms with Crippen LogP contribution in [-0.2, 0) is 16.0 Å². The van der Waals surface area contributed by atoms with Gasteiger partial charge in [0.15, 0.2) is 5.13 Å². The number of amides is 4. The fourth-order valence-electron chi connectivity index (χ4n) is 2.78. The van der Waals surface area contributed by atoms with Gasteiger partial charge in [0.1, 0.15) is 0 Å². The van der Waals surface area contributed by atoms with Crippen molar-refractivity contribution >= 4 is 63.2 Å². The van der Waals surface area contributed by atoms with E-state index in [4.69, 9.17) is 23.2 Å². The molecule has 11 heteroatoms. The normalized spacial score (nSPS) is 13.9. The lowest BCUT2D eigenvalue weighted by Crippen LogP contribution is -2.51. The van der Waals surface area contributed by atoms with Crippen molar-refractivity contribution in [1.29, 1.82) is 0 Å². The summed E-state index contributed by atoms with van der Waals surface area (Å²) in [6, 6.07) is 4.56. The standard InChI is InChI=1S/C18H19Cl2N5O3S/c1-11(26)24-4-6-25(7-5-24)18(28)23-17-22-13(10-29-17)9-16(27)21-12-2-3-14(19)15(20)8-12/h2-3,8,10H,4-7,9H2,1H3,(H,21,27)(H,22,23,28). The van der Waals surface area contributed by atoms with Gasteiger partial charge in [-0.15, -0.1) is 11.3 Å². The van der Waals surface area contributed by atoms with E-state index in [2.05, 4.69) is 15.6 Å². The van der Waals surface area contributed by atoms with E-state index in [0.29, 0.717) is 52.7 Å². The van der Waals surface area contributed by atoms with E-state index >= 15 is 0 Å². The lowest BCUT2D eigenvalue weighted by molar-refractivity contribution is -0.130. The maximum absolute atomic E-state index is 12.4. The summed E-state index contributed by atoms with van der Waals surface area (Å²) in [7, 11) is 0. The minimum atomic E-state index is -0.269. The Morgan fingerprint density at radius 1 is 1.07 bits per heavy atom. The van der Waals surface area contributed by atoms with Crippen molar-refractivity contribution in [2.75, 3.05) is 36.8 Å². The molecule has 0 aliphatic carbocycles. The summed E-state index contributed by atoms with van der Waals surface area (Å²) in [5.41, 5.74) is 1.09. The third-order valence-corrected chi connectivity index (χ3v) is 5.87. The zero-order chi connectivity index (χ0) is 21.0. The first-order valence-electron chi connectivity index (χ1n) is 8.82. The van der Waals surface area contributed by atoms with Gasteiger partial charge in [-0.05, 0) is 18.2 Å². The van der Waals surface area contributed by atoms with Crippen LogP contribution in [0.25, 0.3) is 0 Å². The van der Waals surface area contributed by atoms with E-state index in [1.165, 1.54) is 18.3 Å². The Bertz CT molecular complexity index is 928. The van der Waals surface area contributed by atoms with Crippen LogP contribution in [0.3, 0.4) is 0 Å². The number of carbonyl (C=O) groups is 3. The van der Waals surface area contributed by atoms with Crippen molar-refractivity contribution in [3.8, 4) is 0 Å². The first kappa shape index (κ1) is 21.4. The third kappa shape index (κ3) is 5.81. The van der Waals surface area contributed by atoms with Crippen LogP contribution in [0, 0.1) is 0 Å². The minimum absolute atomic E-state index is 0.00812. The second-order valence-corrected chi connectivity index (χ2v) is 8.09. The molecule has 2 N–H and O–H groups in total. The number of benzene rings is 1. The zero-order valence-corrected chi connectivity index (χ0v) is 17.9. The van der Waals surface area contributed by atoms with E-state index in [9.17, 15) is 14.4 Å². The number of piperazine rings is 1. The number of rotatable bonds is 4. The first-order chi connectivity index (χ1) is 13.8. The molecule has 2 aromatic rings. The molecule has 0 bridgehead atoms. The molecular weight excluding hydrogens is 437 g/mol. The topological polar surface area (TPSA) is 94.6 Å². The Morgan fingerprint density at radius 2 is 1.76 bits per heavy atom. The van der Waals surface area contributed by atoms with Crippen molar-refractivity contribution in [2.45, 2.75) is 13.3 Å². The summed E-state index contributed by atoms with van der Waals surface area (Å²) in [5.74, 6) is -0.249. The van der Waals surface area contributed by atoms with Gasteiger partial charge in [-0.2, -0.15) is 0 Å². The highest BCUT2D eigenvalue weighted by atomic mass is 35.5. The van der Waals surface area contributed by atoms with Crippen molar-refractivity contribution in [3.05, 3.63) is 39.3 Å². The van der Waals surface area contributed by atoms with E-state index in [0.717, 1.165) is 0 Å². The molecule has 0 radical (unpaired) electrons. The molecule has 29 heavy (non-hydrogen) atoms. The molecule has 1 aromatic heterocycles. The number of nitrogens with zero attached hydrogens (tertiary/aromatic N) is 3. The van der Waals surface area contributed by atoms with Crippen LogP contribution >= 0.6 is 34.5 Å². The maximum atomic E-state index is 12.4. The lowest BCUT2D eigenvalue weighted by atomic mass is 10.3. The van der Waals surface area contributed by atoms with Gasteiger partial charge >= 0.3 is 6.03 Å².